The summed E-state index contributed by atoms with van der Waals surface area (Å²) in [7, 11) is 0. The third-order valence-electron chi connectivity index (χ3n) is 2.48. The van der Waals surface area contributed by atoms with Crippen LogP contribution in [0.4, 0.5) is 6.01 Å². The average molecular weight is 324 g/mol. The van der Waals surface area contributed by atoms with E-state index < -0.39 is 4.32 Å². The number of carbonyl (C=O) groups excluding carboxylic acids is 1. The van der Waals surface area contributed by atoms with Gasteiger partial charge in [0.2, 0.25) is 11.8 Å². The molecule has 2 aromatic rings. The fraction of sp³-hybridized carbons (Fsp3) is 0.308. The number of amides is 1. The van der Waals surface area contributed by atoms with Gasteiger partial charge in [-0.05, 0) is 32.9 Å². The van der Waals surface area contributed by atoms with Crippen molar-refractivity contribution in [3.63, 3.8) is 0 Å². The minimum atomic E-state index is -0.689. The smallest absolute Gasteiger partial charge is 0.322 e. The Labute approximate surface area is 119 Å². The van der Waals surface area contributed by atoms with Gasteiger partial charge in [-0.3, -0.25) is 10.1 Å². The number of halogens is 1. The fourth-order valence-electron chi connectivity index (χ4n) is 1.33. The second kappa shape index (κ2) is 5.13. The molecular weight excluding hydrogens is 310 g/mol. The number of aryl methyl sites for hydroxylation is 1. The molecule has 0 fully saturated rings. The summed E-state index contributed by atoms with van der Waals surface area (Å²) in [5.41, 5.74) is 1.97. The molecule has 1 heterocycles. The van der Waals surface area contributed by atoms with Gasteiger partial charge < -0.3 is 4.42 Å². The Kier molecular flexibility index (Phi) is 3.71. The number of carbonyl (C=O) groups is 1. The molecule has 0 aliphatic rings. The predicted molar refractivity (Wildman–Crippen MR) is 76.1 cm³/mol. The standard InChI is InChI=1S/C13H14BrN3O2/c1-8-4-6-9(7-5-8)10-16-17-12(19-10)15-11(18)13(2,3)14/h4-7H,1-3H3,(H,15,17,18). The van der Waals surface area contributed by atoms with Gasteiger partial charge in [0.15, 0.2) is 0 Å². The Hall–Kier alpha value is -1.69. The maximum atomic E-state index is 11.7. The Morgan fingerprint density at radius 3 is 2.47 bits per heavy atom. The van der Waals surface area contributed by atoms with Crippen LogP contribution in [0.25, 0.3) is 11.5 Å². The highest BCUT2D eigenvalue weighted by Crippen LogP contribution is 2.22. The molecule has 1 aromatic carbocycles. The molecule has 0 aliphatic carbocycles. The third-order valence-corrected chi connectivity index (χ3v) is 2.84. The van der Waals surface area contributed by atoms with Crippen LogP contribution in [0.15, 0.2) is 28.7 Å². The first-order chi connectivity index (χ1) is 8.86. The molecule has 0 aliphatic heterocycles. The molecule has 1 amide bonds. The number of hydrogen-bond acceptors (Lipinski definition) is 4. The molecule has 0 unspecified atom stereocenters. The van der Waals surface area contributed by atoms with Gasteiger partial charge in [-0.15, -0.1) is 5.10 Å². The van der Waals surface area contributed by atoms with E-state index in [4.69, 9.17) is 4.42 Å². The van der Waals surface area contributed by atoms with E-state index in [1.807, 2.05) is 31.2 Å². The van der Waals surface area contributed by atoms with E-state index >= 15 is 0 Å². The SMILES string of the molecule is Cc1ccc(-c2nnc(NC(=O)C(C)(C)Br)o2)cc1. The maximum absolute atomic E-state index is 11.7. The van der Waals surface area contributed by atoms with Crippen molar-refractivity contribution in [3.05, 3.63) is 29.8 Å². The summed E-state index contributed by atoms with van der Waals surface area (Å²) < 4.78 is 4.71. The number of rotatable bonds is 3. The Morgan fingerprint density at radius 2 is 1.89 bits per heavy atom. The van der Waals surface area contributed by atoms with E-state index in [-0.39, 0.29) is 11.9 Å². The van der Waals surface area contributed by atoms with Gasteiger partial charge in [-0.1, -0.05) is 38.7 Å². The maximum Gasteiger partial charge on any atom is 0.322 e. The van der Waals surface area contributed by atoms with Crippen LogP contribution in [0, 0.1) is 6.92 Å². The van der Waals surface area contributed by atoms with E-state index in [0.29, 0.717) is 5.89 Å². The highest BCUT2D eigenvalue weighted by atomic mass is 79.9. The molecule has 0 saturated carbocycles. The van der Waals surface area contributed by atoms with Crippen LogP contribution in [0.5, 0.6) is 0 Å². The molecule has 1 N–H and O–H groups in total. The van der Waals surface area contributed by atoms with E-state index in [1.165, 1.54) is 0 Å². The number of anilines is 1. The highest BCUT2D eigenvalue weighted by molar-refractivity contribution is 9.10. The van der Waals surface area contributed by atoms with Crippen LogP contribution in [-0.2, 0) is 4.79 Å². The Bertz CT molecular complexity index is 585. The second-order valence-corrected chi connectivity index (χ2v) is 6.69. The van der Waals surface area contributed by atoms with Crippen LogP contribution in [0.1, 0.15) is 19.4 Å². The minimum Gasteiger partial charge on any atom is -0.403 e. The lowest BCUT2D eigenvalue weighted by Gasteiger charge is -2.12. The lowest BCUT2D eigenvalue weighted by atomic mass is 10.1. The zero-order valence-corrected chi connectivity index (χ0v) is 12.5. The van der Waals surface area contributed by atoms with Gasteiger partial charge in [-0.25, -0.2) is 0 Å². The first-order valence-corrected chi connectivity index (χ1v) is 6.56. The summed E-state index contributed by atoms with van der Waals surface area (Å²) in [6, 6.07) is 7.79. The normalized spacial score (nSPS) is 11.4. The average Bonchev–Trinajstić information content (AvgIpc) is 2.77. The molecule has 0 atom stereocenters. The van der Waals surface area contributed by atoms with Gasteiger partial charge in [0.1, 0.15) is 0 Å². The van der Waals surface area contributed by atoms with E-state index in [1.54, 1.807) is 13.8 Å². The molecule has 1 aromatic heterocycles. The van der Waals surface area contributed by atoms with Crippen LogP contribution in [0.3, 0.4) is 0 Å². The highest BCUT2D eigenvalue weighted by Gasteiger charge is 2.25. The van der Waals surface area contributed by atoms with E-state index in [9.17, 15) is 4.79 Å². The summed E-state index contributed by atoms with van der Waals surface area (Å²) in [4.78, 5) is 11.7. The lowest BCUT2D eigenvalue weighted by molar-refractivity contribution is -0.117. The summed E-state index contributed by atoms with van der Waals surface area (Å²) in [6.07, 6.45) is 0. The second-order valence-electron chi connectivity index (χ2n) is 4.70. The number of benzene rings is 1. The summed E-state index contributed by atoms with van der Waals surface area (Å²) in [5, 5.41) is 10.3. The van der Waals surface area contributed by atoms with Crippen molar-refractivity contribution in [3.8, 4) is 11.5 Å². The molecule has 5 nitrogen and oxygen atoms in total. The monoisotopic (exact) mass is 323 g/mol. The molecular formula is C13H14BrN3O2. The summed E-state index contributed by atoms with van der Waals surface area (Å²) in [5.74, 6) is 0.134. The van der Waals surface area contributed by atoms with Crippen LogP contribution < -0.4 is 5.32 Å². The minimum absolute atomic E-state index is 0.0908. The summed E-state index contributed by atoms with van der Waals surface area (Å²) in [6.45, 7) is 5.47. The van der Waals surface area contributed by atoms with Crippen molar-refractivity contribution >= 4 is 27.9 Å². The van der Waals surface area contributed by atoms with Crippen molar-refractivity contribution in [2.75, 3.05) is 5.32 Å². The fourth-order valence-corrected chi connectivity index (χ4v) is 1.43. The topological polar surface area (TPSA) is 68.0 Å². The zero-order chi connectivity index (χ0) is 14.0. The van der Waals surface area contributed by atoms with Gasteiger partial charge in [-0.2, -0.15) is 0 Å². The van der Waals surface area contributed by atoms with Crippen LogP contribution in [0.2, 0.25) is 0 Å². The van der Waals surface area contributed by atoms with Crippen molar-refractivity contribution < 1.29 is 9.21 Å². The van der Waals surface area contributed by atoms with Crippen molar-refractivity contribution in [2.45, 2.75) is 25.1 Å². The van der Waals surface area contributed by atoms with Gasteiger partial charge in [0.05, 0.1) is 4.32 Å². The van der Waals surface area contributed by atoms with Crippen molar-refractivity contribution in [2.24, 2.45) is 0 Å². The summed E-state index contributed by atoms with van der Waals surface area (Å²) >= 11 is 3.26. The largest absolute Gasteiger partial charge is 0.403 e. The van der Waals surface area contributed by atoms with Gasteiger partial charge in [0, 0.05) is 5.56 Å². The first kappa shape index (κ1) is 13.7. The molecule has 0 saturated heterocycles. The molecule has 100 valence electrons. The number of aromatic nitrogens is 2. The number of nitrogens with one attached hydrogen (secondary N) is 1. The molecule has 2 rings (SSSR count). The van der Waals surface area contributed by atoms with Crippen LogP contribution in [-0.4, -0.2) is 20.4 Å². The number of hydrogen-bond donors (Lipinski definition) is 1. The van der Waals surface area contributed by atoms with Crippen LogP contribution >= 0.6 is 15.9 Å². The van der Waals surface area contributed by atoms with Gasteiger partial charge >= 0.3 is 6.01 Å². The molecule has 19 heavy (non-hydrogen) atoms. The van der Waals surface area contributed by atoms with E-state index in [2.05, 4.69) is 31.4 Å². The first-order valence-electron chi connectivity index (χ1n) is 5.77. The zero-order valence-electron chi connectivity index (χ0n) is 10.9. The lowest BCUT2D eigenvalue weighted by Crippen LogP contribution is -2.31. The quantitative estimate of drug-likeness (QED) is 0.881. The Morgan fingerprint density at radius 1 is 1.26 bits per heavy atom. The molecule has 6 heteroatoms. The van der Waals surface area contributed by atoms with Crippen molar-refractivity contribution in [1.82, 2.24) is 10.2 Å². The Balaban J connectivity index is 2.16. The van der Waals surface area contributed by atoms with Crippen molar-refractivity contribution in [1.29, 1.82) is 0 Å². The predicted octanol–water partition coefficient (Wildman–Crippen LogP) is 3.16. The molecule has 0 spiro atoms. The molecule has 0 radical (unpaired) electrons. The number of nitrogens with zero attached hydrogens (tertiary/aromatic N) is 2. The van der Waals surface area contributed by atoms with E-state index in [0.717, 1.165) is 11.1 Å². The van der Waals surface area contributed by atoms with Gasteiger partial charge in [0.25, 0.3) is 0 Å². The number of alkyl halides is 1. The molecule has 0 bridgehead atoms. The third kappa shape index (κ3) is 3.41.